The van der Waals surface area contributed by atoms with Crippen molar-refractivity contribution in [2.75, 3.05) is 6.54 Å². The zero-order chi connectivity index (χ0) is 17.1. The SMILES string of the molecule is CC1(C(=O)N2CCCCC2c2nc3ccc(Cl)cc3[nH]2)CC1(F)F. The van der Waals surface area contributed by atoms with Gasteiger partial charge in [-0.1, -0.05) is 11.6 Å². The molecule has 24 heavy (non-hydrogen) atoms. The van der Waals surface area contributed by atoms with Gasteiger partial charge < -0.3 is 9.88 Å². The van der Waals surface area contributed by atoms with Crippen LogP contribution in [0.15, 0.2) is 18.2 Å². The lowest BCUT2D eigenvalue weighted by Crippen LogP contribution is -2.43. The molecule has 4 nitrogen and oxygen atoms in total. The molecule has 1 amide bonds. The van der Waals surface area contributed by atoms with Crippen molar-refractivity contribution in [3.63, 3.8) is 0 Å². The van der Waals surface area contributed by atoms with Gasteiger partial charge >= 0.3 is 0 Å². The third kappa shape index (κ3) is 2.31. The number of nitrogens with one attached hydrogen (secondary N) is 1. The Kier molecular flexibility index (Phi) is 3.39. The van der Waals surface area contributed by atoms with E-state index in [1.165, 1.54) is 6.92 Å². The molecule has 1 aromatic heterocycles. The molecule has 2 atom stereocenters. The number of hydrogen-bond donors (Lipinski definition) is 1. The van der Waals surface area contributed by atoms with Crippen molar-refractivity contribution in [1.29, 1.82) is 0 Å². The van der Waals surface area contributed by atoms with Crippen molar-refractivity contribution in [2.24, 2.45) is 5.41 Å². The highest BCUT2D eigenvalue weighted by atomic mass is 35.5. The molecule has 128 valence electrons. The van der Waals surface area contributed by atoms with Crippen molar-refractivity contribution in [3.8, 4) is 0 Å². The van der Waals surface area contributed by atoms with E-state index < -0.39 is 17.2 Å². The summed E-state index contributed by atoms with van der Waals surface area (Å²) in [6.45, 7) is 1.85. The van der Waals surface area contributed by atoms with E-state index in [1.807, 2.05) is 6.07 Å². The van der Waals surface area contributed by atoms with Gasteiger partial charge in [0.25, 0.3) is 5.92 Å². The number of hydrogen-bond acceptors (Lipinski definition) is 2. The Morgan fingerprint density at radius 1 is 1.42 bits per heavy atom. The second kappa shape index (κ2) is 5.15. The molecule has 2 heterocycles. The molecular weight excluding hydrogens is 336 g/mol. The molecule has 7 heteroatoms. The lowest BCUT2D eigenvalue weighted by molar-refractivity contribution is -0.144. The Balaban J connectivity index is 1.67. The summed E-state index contributed by atoms with van der Waals surface area (Å²) in [7, 11) is 0. The summed E-state index contributed by atoms with van der Waals surface area (Å²) in [4.78, 5) is 22.1. The summed E-state index contributed by atoms with van der Waals surface area (Å²) in [5, 5.41) is 0.597. The number of fused-ring (bicyclic) bond motifs is 1. The summed E-state index contributed by atoms with van der Waals surface area (Å²) in [6, 6.07) is 5.05. The number of rotatable bonds is 2. The zero-order valence-electron chi connectivity index (χ0n) is 13.3. The Labute approximate surface area is 143 Å². The first-order valence-corrected chi connectivity index (χ1v) is 8.54. The van der Waals surface area contributed by atoms with E-state index in [4.69, 9.17) is 11.6 Å². The molecule has 0 radical (unpaired) electrons. The molecule has 1 saturated heterocycles. The van der Waals surface area contributed by atoms with E-state index in [-0.39, 0.29) is 12.5 Å². The predicted molar refractivity (Wildman–Crippen MR) is 87.1 cm³/mol. The number of imidazole rings is 1. The standard InChI is InChI=1S/C17H18ClF2N3O/c1-16(9-17(16,19)20)15(24)23-7-3-2-4-13(23)14-21-11-6-5-10(18)8-12(11)22-14/h5-6,8,13H,2-4,7,9H2,1H3,(H,21,22). The van der Waals surface area contributed by atoms with Gasteiger partial charge in [0.2, 0.25) is 5.91 Å². The second-order valence-electron chi connectivity index (χ2n) is 7.01. The van der Waals surface area contributed by atoms with Crippen LogP contribution in [-0.2, 0) is 4.79 Å². The third-order valence-corrected chi connectivity index (χ3v) is 5.51. The van der Waals surface area contributed by atoms with Crippen molar-refractivity contribution < 1.29 is 13.6 Å². The minimum absolute atomic E-state index is 0.286. The summed E-state index contributed by atoms with van der Waals surface area (Å²) < 4.78 is 27.3. The predicted octanol–water partition coefficient (Wildman–Crippen LogP) is 4.32. The average Bonchev–Trinajstić information content (AvgIpc) is 2.90. The maximum absolute atomic E-state index is 13.6. The second-order valence-corrected chi connectivity index (χ2v) is 7.44. The van der Waals surface area contributed by atoms with Gasteiger partial charge in [-0.2, -0.15) is 0 Å². The molecule has 1 aliphatic carbocycles. The minimum Gasteiger partial charge on any atom is -0.340 e. The summed E-state index contributed by atoms with van der Waals surface area (Å²) in [5.41, 5.74) is -0.00784. The Morgan fingerprint density at radius 2 is 2.17 bits per heavy atom. The number of alkyl halides is 2. The molecule has 1 aliphatic heterocycles. The molecule has 1 N–H and O–H groups in total. The van der Waals surface area contributed by atoms with E-state index in [0.29, 0.717) is 17.4 Å². The molecule has 0 bridgehead atoms. The maximum atomic E-state index is 13.6. The Hall–Kier alpha value is -1.69. The van der Waals surface area contributed by atoms with Crippen LogP contribution in [0.1, 0.15) is 44.5 Å². The Bertz CT molecular complexity index is 821. The molecule has 1 saturated carbocycles. The molecule has 1 aromatic carbocycles. The van der Waals surface area contributed by atoms with Crippen molar-refractivity contribution in [1.82, 2.24) is 14.9 Å². The molecule has 4 rings (SSSR count). The van der Waals surface area contributed by atoms with Crippen molar-refractivity contribution in [2.45, 2.75) is 44.6 Å². The normalized spacial score (nSPS) is 29.0. The van der Waals surface area contributed by atoms with E-state index in [2.05, 4.69) is 9.97 Å². The largest absolute Gasteiger partial charge is 0.340 e. The smallest absolute Gasteiger partial charge is 0.263 e. The van der Waals surface area contributed by atoms with E-state index >= 15 is 0 Å². The van der Waals surface area contributed by atoms with Crippen molar-refractivity contribution >= 4 is 28.5 Å². The molecular formula is C17H18ClF2N3O. The zero-order valence-corrected chi connectivity index (χ0v) is 14.0. The fourth-order valence-corrected chi connectivity index (χ4v) is 3.74. The number of H-pyrrole nitrogens is 1. The number of amides is 1. The fourth-order valence-electron chi connectivity index (χ4n) is 3.57. The van der Waals surface area contributed by atoms with Gasteiger partial charge in [0.1, 0.15) is 11.2 Å². The minimum atomic E-state index is -2.90. The molecule has 2 aliphatic rings. The monoisotopic (exact) mass is 353 g/mol. The first-order valence-electron chi connectivity index (χ1n) is 8.16. The van der Waals surface area contributed by atoms with Crippen LogP contribution in [0.4, 0.5) is 8.78 Å². The van der Waals surface area contributed by atoms with Crippen LogP contribution in [0.25, 0.3) is 11.0 Å². The lowest BCUT2D eigenvalue weighted by atomic mass is 9.98. The molecule has 0 spiro atoms. The Morgan fingerprint density at radius 3 is 2.88 bits per heavy atom. The van der Waals surface area contributed by atoms with Crippen LogP contribution in [-0.4, -0.2) is 33.2 Å². The first kappa shape index (κ1) is 15.8. The average molecular weight is 354 g/mol. The topological polar surface area (TPSA) is 49.0 Å². The lowest BCUT2D eigenvalue weighted by Gasteiger charge is -2.36. The molecule has 2 unspecified atom stereocenters. The van der Waals surface area contributed by atoms with Gasteiger partial charge in [-0.3, -0.25) is 4.79 Å². The highest BCUT2D eigenvalue weighted by molar-refractivity contribution is 6.31. The molecule has 2 fully saturated rings. The number of carbonyl (C=O) groups excluding carboxylic acids is 1. The highest BCUT2D eigenvalue weighted by Crippen LogP contribution is 2.61. The van der Waals surface area contributed by atoms with Crippen LogP contribution in [0.2, 0.25) is 5.02 Å². The van der Waals surface area contributed by atoms with Crippen LogP contribution in [0.3, 0.4) is 0 Å². The summed E-state index contributed by atoms with van der Waals surface area (Å²) in [5.74, 6) is -2.71. The molecule has 2 aromatic rings. The fraction of sp³-hybridized carbons (Fsp3) is 0.529. The maximum Gasteiger partial charge on any atom is 0.263 e. The number of aromatic amines is 1. The quantitative estimate of drug-likeness (QED) is 0.874. The number of likely N-dealkylation sites (tertiary alicyclic amines) is 1. The van der Waals surface area contributed by atoms with Crippen molar-refractivity contribution in [3.05, 3.63) is 29.0 Å². The van der Waals surface area contributed by atoms with Crippen LogP contribution >= 0.6 is 11.6 Å². The number of halogens is 3. The van der Waals surface area contributed by atoms with Gasteiger partial charge in [-0.25, -0.2) is 13.8 Å². The summed E-state index contributed by atoms with van der Waals surface area (Å²) >= 11 is 6.00. The third-order valence-electron chi connectivity index (χ3n) is 5.27. The summed E-state index contributed by atoms with van der Waals surface area (Å²) in [6.07, 6.45) is 2.13. The van der Waals surface area contributed by atoms with E-state index in [9.17, 15) is 13.6 Å². The van der Waals surface area contributed by atoms with Gasteiger partial charge in [0, 0.05) is 18.0 Å². The number of nitrogens with zero attached hydrogens (tertiary/aromatic N) is 2. The number of aromatic nitrogens is 2. The highest BCUT2D eigenvalue weighted by Gasteiger charge is 2.73. The van der Waals surface area contributed by atoms with E-state index in [1.54, 1.807) is 17.0 Å². The van der Waals surface area contributed by atoms with Crippen LogP contribution in [0, 0.1) is 5.41 Å². The van der Waals surface area contributed by atoms with Gasteiger partial charge in [-0.15, -0.1) is 0 Å². The van der Waals surface area contributed by atoms with Crippen LogP contribution in [0.5, 0.6) is 0 Å². The van der Waals surface area contributed by atoms with Gasteiger partial charge in [0.15, 0.2) is 0 Å². The number of benzene rings is 1. The first-order chi connectivity index (χ1) is 11.3. The van der Waals surface area contributed by atoms with Gasteiger partial charge in [-0.05, 0) is 44.4 Å². The van der Waals surface area contributed by atoms with E-state index in [0.717, 1.165) is 30.3 Å². The van der Waals surface area contributed by atoms with Crippen LogP contribution < -0.4 is 0 Å². The van der Waals surface area contributed by atoms with Gasteiger partial charge in [0.05, 0.1) is 17.1 Å². The number of piperidine rings is 1. The number of carbonyl (C=O) groups is 1.